The number of carbonyl (C=O) groups excluding carboxylic acids is 1. The Labute approximate surface area is 150 Å². The molecule has 2 aromatic carbocycles. The van der Waals surface area contributed by atoms with Gasteiger partial charge in [0, 0.05) is 11.9 Å². The van der Waals surface area contributed by atoms with Crippen LogP contribution in [0.1, 0.15) is 10.4 Å². The number of aromatic nitrogens is 2. The predicted molar refractivity (Wildman–Crippen MR) is 96.3 cm³/mol. The average Bonchev–Trinajstić information content (AvgIpc) is 3.15. The first-order chi connectivity index (χ1) is 12.4. The van der Waals surface area contributed by atoms with Gasteiger partial charge in [0.15, 0.2) is 0 Å². The molecule has 0 saturated heterocycles. The van der Waals surface area contributed by atoms with Crippen molar-refractivity contribution >= 4 is 21.6 Å². The molecule has 1 heterocycles. The molecule has 26 heavy (non-hydrogen) atoms. The molecule has 0 fully saturated rings. The van der Waals surface area contributed by atoms with Crippen LogP contribution in [-0.4, -0.2) is 31.6 Å². The monoisotopic (exact) mass is 372 g/mol. The molecule has 0 unspecified atom stereocenters. The number of amides is 1. The summed E-state index contributed by atoms with van der Waals surface area (Å²) in [6.45, 7) is 0. The van der Waals surface area contributed by atoms with E-state index in [2.05, 4.69) is 15.5 Å². The van der Waals surface area contributed by atoms with E-state index < -0.39 is 15.9 Å². The lowest BCUT2D eigenvalue weighted by atomic mass is 10.1. The standard InChI is InChI=1S/C17H16N4O4S/c1-25-16-7-6-13(26(18,23)24)10-14(16)17(22)20-12-4-2-11(3-5-12)15-8-9-19-21-15/h2-10H,1H3,(H,19,21)(H,20,22)(H2,18,23,24). The Morgan fingerprint density at radius 3 is 2.46 bits per heavy atom. The third-order valence-electron chi connectivity index (χ3n) is 3.70. The molecule has 0 aliphatic rings. The molecule has 3 rings (SSSR count). The Hall–Kier alpha value is -3.17. The molecule has 0 bridgehead atoms. The number of nitrogens with one attached hydrogen (secondary N) is 2. The fourth-order valence-corrected chi connectivity index (χ4v) is 2.93. The Balaban J connectivity index is 1.85. The molecule has 0 spiro atoms. The summed E-state index contributed by atoms with van der Waals surface area (Å²) in [4.78, 5) is 12.4. The van der Waals surface area contributed by atoms with Crippen LogP contribution in [-0.2, 0) is 10.0 Å². The molecule has 1 aromatic heterocycles. The number of carbonyl (C=O) groups is 1. The molecule has 0 atom stereocenters. The summed E-state index contributed by atoms with van der Waals surface area (Å²) in [6.07, 6.45) is 1.65. The molecule has 0 aliphatic heterocycles. The maximum absolute atomic E-state index is 12.5. The van der Waals surface area contributed by atoms with Gasteiger partial charge in [-0.2, -0.15) is 5.10 Å². The first kappa shape index (κ1) is 17.6. The lowest BCUT2D eigenvalue weighted by Crippen LogP contribution is -2.16. The van der Waals surface area contributed by atoms with E-state index in [1.54, 1.807) is 18.3 Å². The molecular weight excluding hydrogens is 356 g/mol. The number of aromatic amines is 1. The van der Waals surface area contributed by atoms with Crippen molar-refractivity contribution in [2.45, 2.75) is 4.90 Å². The van der Waals surface area contributed by atoms with Gasteiger partial charge >= 0.3 is 0 Å². The van der Waals surface area contributed by atoms with Gasteiger partial charge in [0.05, 0.1) is 23.3 Å². The van der Waals surface area contributed by atoms with E-state index >= 15 is 0 Å². The van der Waals surface area contributed by atoms with Crippen molar-refractivity contribution in [3.8, 4) is 17.0 Å². The van der Waals surface area contributed by atoms with Crippen LogP contribution in [0.5, 0.6) is 5.75 Å². The Bertz CT molecular complexity index is 1030. The number of methoxy groups -OCH3 is 1. The van der Waals surface area contributed by atoms with Crippen LogP contribution in [0.25, 0.3) is 11.3 Å². The van der Waals surface area contributed by atoms with Crippen LogP contribution in [0.2, 0.25) is 0 Å². The number of H-pyrrole nitrogens is 1. The van der Waals surface area contributed by atoms with Crippen LogP contribution in [0.15, 0.2) is 59.6 Å². The topological polar surface area (TPSA) is 127 Å². The minimum absolute atomic E-state index is 0.0664. The minimum atomic E-state index is -3.93. The Morgan fingerprint density at radius 2 is 1.88 bits per heavy atom. The van der Waals surface area contributed by atoms with Crippen molar-refractivity contribution in [1.29, 1.82) is 0 Å². The van der Waals surface area contributed by atoms with E-state index in [0.29, 0.717) is 5.69 Å². The van der Waals surface area contributed by atoms with E-state index in [4.69, 9.17) is 9.88 Å². The number of anilines is 1. The normalized spacial score (nSPS) is 11.2. The fourth-order valence-electron chi connectivity index (χ4n) is 2.39. The fraction of sp³-hybridized carbons (Fsp3) is 0.0588. The summed E-state index contributed by atoms with van der Waals surface area (Å²) in [6, 6.07) is 12.8. The van der Waals surface area contributed by atoms with Crippen molar-refractivity contribution in [3.63, 3.8) is 0 Å². The van der Waals surface area contributed by atoms with Gasteiger partial charge < -0.3 is 10.1 Å². The first-order valence-corrected chi connectivity index (χ1v) is 9.05. The summed E-state index contributed by atoms with van der Waals surface area (Å²) in [5, 5.41) is 14.6. The zero-order valence-corrected chi connectivity index (χ0v) is 14.6. The smallest absolute Gasteiger partial charge is 0.259 e. The van der Waals surface area contributed by atoms with Gasteiger partial charge in [0.25, 0.3) is 5.91 Å². The van der Waals surface area contributed by atoms with Gasteiger partial charge in [-0.25, -0.2) is 13.6 Å². The number of rotatable bonds is 5. The van der Waals surface area contributed by atoms with Crippen LogP contribution in [0.3, 0.4) is 0 Å². The maximum atomic E-state index is 12.5. The summed E-state index contributed by atoms with van der Waals surface area (Å²) in [7, 11) is -2.54. The molecule has 134 valence electrons. The number of nitrogens with zero attached hydrogens (tertiary/aromatic N) is 1. The summed E-state index contributed by atoms with van der Waals surface area (Å²) in [5.74, 6) is -0.273. The second-order valence-electron chi connectivity index (χ2n) is 5.41. The summed E-state index contributed by atoms with van der Waals surface area (Å²) in [5.41, 5.74) is 2.37. The van der Waals surface area contributed by atoms with Crippen LogP contribution < -0.4 is 15.2 Å². The number of benzene rings is 2. The number of hydrogen-bond donors (Lipinski definition) is 3. The number of primary sulfonamides is 1. The number of sulfonamides is 1. The van der Waals surface area contributed by atoms with Crippen LogP contribution in [0.4, 0.5) is 5.69 Å². The highest BCUT2D eigenvalue weighted by molar-refractivity contribution is 7.89. The van der Waals surface area contributed by atoms with Crippen molar-refractivity contribution in [2.75, 3.05) is 12.4 Å². The van der Waals surface area contributed by atoms with Gasteiger partial charge in [-0.05, 0) is 42.0 Å². The molecule has 1 amide bonds. The SMILES string of the molecule is COc1ccc(S(N)(=O)=O)cc1C(=O)Nc1ccc(-c2ccn[nH]2)cc1. The van der Waals surface area contributed by atoms with Crippen molar-refractivity contribution in [2.24, 2.45) is 5.14 Å². The third-order valence-corrected chi connectivity index (χ3v) is 4.61. The molecule has 4 N–H and O–H groups in total. The third kappa shape index (κ3) is 3.73. The average molecular weight is 372 g/mol. The van der Waals surface area contributed by atoms with Crippen LogP contribution in [0, 0.1) is 0 Å². The van der Waals surface area contributed by atoms with E-state index in [1.165, 1.54) is 25.3 Å². The minimum Gasteiger partial charge on any atom is -0.496 e. The molecule has 9 heteroatoms. The van der Waals surface area contributed by atoms with E-state index in [9.17, 15) is 13.2 Å². The summed E-state index contributed by atoms with van der Waals surface area (Å²) < 4.78 is 28.2. The summed E-state index contributed by atoms with van der Waals surface area (Å²) >= 11 is 0. The van der Waals surface area contributed by atoms with Gasteiger partial charge in [-0.15, -0.1) is 0 Å². The van der Waals surface area contributed by atoms with E-state index in [-0.39, 0.29) is 16.2 Å². The second kappa shape index (κ2) is 6.98. The highest BCUT2D eigenvalue weighted by atomic mass is 32.2. The Kier molecular flexibility index (Phi) is 4.74. The highest BCUT2D eigenvalue weighted by Gasteiger charge is 2.17. The van der Waals surface area contributed by atoms with Crippen molar-refractivity contribution in [3.05, 3.63) is 60.3 Å². The molecule has 0 saturated carbocycles. The highest BCUT2D eigenvalue weighted by Crippen LogP contribution is 2.24. The van der Waals surface area contributed by atoms with E-state index in [1.807, 2.05) is 18.2 Å². The molecule has 0 aliphatic carbocycles. The lowest BCUT2D eigenvalue weighted by Gasteiger charge is -2.11. The first-order valence-electron chi connectivity index (χ1n) is 7.50. The van der Waals surface area contributed by atoms with Gasteiger partial charge in [-0.1, -0.05) is 12.1 Å². The predicted octanol–water partition coefficient (Wildman–Crippen LogP) is 1.99. The zero-order valence-electron chi connectivity index (χ0n) is 13.8. The largest absolute Gasteiger partial charge is 0.496 e. The van der Waals surface area contributed by atoms with Crippen molar-refractivity contribution in [1.82, 2.24) is 10.2 Å². The number of ether oxygens (including phenoxy) is 1. The number of nitrogens with two attached hydrogens (primary N) is 1. The quantitative estimate of drug-likeness (QED) is 0.631. The molecule has 8 nitrogen and oxygen atoms in total. The Morgan fingerprint density at radius 1 is 1.15 bits per heavy atom. The van der Waals surface area contributed by atoms with Gasteiger partial charge in [-0.3, -0.25) is 9.89 Å². The maximum Gasteiger partial charge on any atom is 0.259 e. The van der Waals surface area contributed by atoms with Crippen molar-refractivity contribution < 1.29 is 17.9 Å². The van der Waals surface area contributed by atoms with Gasteiger partial charge in [0.2, 0.25) is 10.0 Å². The molecular formula is C17H16N4O4S. The van der Waals surface area contributed by atoms with Crippen LogP contribution >= 0.6 is 0 Å². The number of hydrogen-bond acceptors (Lipinski definition) is 5. The zero-order chi connectivity index (χ0) is 18.7. The molecule has 0 radical (unpaired) electrons. The van der Waals surface area contributed by atoms with Gasteiger partial charge in [0.1, 0.15) is 5.75 Å². The lowest BCUT2D eigenvalue weighted by molar-refractivity contribution is 0.102. The second-order valence-corrected chi connectivity index (χ2v) is 6.97. The molecule has 3 aromatic rings. The van der Waals surface area contributed by atoms with E-state index in [0.717, 1.165) is 11.3 Å².